The quantitative estimate of drug-likeness (QED) is 0.519. The molecule has 3 heteroatoms. The Kier molecular flexibility index (Phi) is 7.23. The number of nitrogens with zero attached hydrogens (tertiary/aromatic N) is 1. The van der Waals surface area contributed by atoms with Gasteiger partial charge < -0.3 is 10.2 Å². The molecule has 1 amide bonds. The van der Waals surface area contributed by atoms with E-state index in [-0.39, 0.29) is 18.5 Å². The number of benzene rings is 3. The Morgan fingerprint density at radius 2 is 1.48 bits per heavy atom. The van der Waals surface area contributed by atoms with Gasteiger partial charge in [-0.15, -0.1) is 0 Å². The van der Waals surface area contributed by atoms with Crippen LogP contribution < -0.4 is 10.2 Å². The van der Waals surface area contributed by atoms with Crippen molar-refractivity contribution in [3.05, 3.63) is 103 Å². The Labute approximate surface area is 173 Å². The molecule has 0 aliphatic carbocycles. The molecule has 0 saturated carbocycles. The van der Waals surface area contributed by atoms with E-state index in [1.807, 2.05) is 66.6 Å². The summed E-state index contributed by atoms with van der Waals surface area (Å²) in [6.45, 7) is 4.37. The molecule has 0 bridgehead atoms. The minimum absolute atomic E-state index is 0.00533. The van der Waals surface area contributed by atoms with Crippen molar-refractivity contribution in [2.24, 2.45) is 0 Å². The first kappa shape index (κ1) is 20.4. The van der Waals surface area contributed by atoms with Crippen LogP contribution in [0.25, 0.3) is 11.1 Å². The molecule has 0 radical (unpaired) electrons. The van der Waals surface area contributed by atoms with Crippen molar-refractivity contribution in [1.82, 2.24) is 5.32 Å². The number of nitrogens with one attached hydrogen (secondary N) is 1. The predicted molar refractivity (Wildman–Crippen MR) is 122 cm³/mol. The van der Waals surface area contributed by atoms with E-state index < -0.39 is 0 Å². The van der Waals surface area contributed by atoms with Crippen molar-refractivity contribution < 1.29 is 4.79 Å². The molecule has 148 valence electrons. The van der Waals surface area contributed by atoms with E-state index in [0.29, 0.717) is 0 Å². The van der Waals surface area contributed by atoms with Gasteiger partial charge in [0.05, 0.1) is 6.04 Å². The van der Waals surface area contributed by atoms with E-state index in [9.17, 15) is 4.79 Å². The molecule has 29 heavy (non-hydrogen) atoms. The van der Waals surface area contributed by atoms with Gasteiger partial charge in [-0.25, -0.2) is 0 Å². The summed E-state index contributed by atoms with van der Waals surface area (Å²) in [4.78, 5) is 14.7. The largest absolute Gasteiger partial charge is 0.348 e. The van der Waals surface area contributed by atoms with Crippen LogP contribution in [0.2, 0.25) is 0 Å². The highest BCUT2D eigenvalue weighted by Gasteiger charge is 2.13. The molecule has 0 saturated heterocycles. The van der Waals surface area contributed by atoms with Crippen molar-refractivity contribution in [2.45, 2.75) is 26.3 Å². The van der Waals surface area contributed by atoms with Gasteiger partial charge in [0, 0.05) is 11.9 Å². The summed E-state index contributed by atoms with van der Waals surface area (Å²) >= 11 is 0. The number of carbonyl (C=O) groups excluding carboxylic acids is 1. The molecular formula is C26H28N2O. The molecule has 3 rings (SSSR count). The second-order valence-electron chi connectivity index (χ2n) is 7.03. The van der Waals surface area contributed by atoms with Crippen LogP contribution in [0.15, 0.2) is 97.2 Å². The van der Waals surface area contributed by atoms with Crippen LogP contribution in [-0.4, -0.2) is 12.5 Å². The van der Waals surface area contributed by atoms with Crippen molar-refractivity contribution in [2.75, 3.05) is 11.4 Å². The highest BCUT2D eigenvalue weighted by Crippen LogP contribution is 2.23. The Morgan fingerprint density at radius 3 is 2.10 bits per heavy atom. The number of amides is 1. The third kappa shape index (κ3) is 5.82. The zero-order valence-electron chi connectivity index (χ0n) is 17.1. The first-order chi connectivity index (χ1) is 14.2. The fraction of sp³-hybridized carbons (Fsp3) is 0.192. The van der Waals surface area contributed by atoms with Gasteiger partial charge in [-0.3, -0.25) is 4.79 Å². The van der Waals surface area contributed by atoms with Crippen LogP contribution in [0.5, 0.6) is 0 Å². The van der Waals surface area contributed by atoms with Gasteiger partial charge in [0.15, 0.2) is 0 Å². The topological polar surface area (TPSA) is 32.3 Å². The van der Waals surface area contributed by atoms with Crippen LogP contribution in [0.1, 0.15) is 31.9 Å². The molecule has 0 spiro atoms. The van der Waals surface area contributed by atoms with Crippen LogP contribution in [0.4, 0.5) is 5.69 Å². The van der Waals surface area contributed by atoms with E-state index in [1.165, 1.54) is 5.56 Å². The summed E-state index contributed by atoms with van der Waals surface area (Å²) in [6, 6.07) is 28.6. The average molecular weight is 385 g/mol. The maximum absolute atomic E-state index is 12.7. The minimum atomic E-state index is -0.0267. The molecule has 1 N–H and O–H groups in total. The minimum Gasteiger partial charge on any atom is -0.348 e. The lowest BCUT2D eigenvalue weighted by molar-refractivity contribution is -0.120. The Morgan fingerprint density at radius 1 is 0.897 bits per heavy atom. The SMILES string of the molecule is CC/C=C\N(CC(=O)N[C@@H](C)c1ccccc1)c1ccc(-c2ccccc2)cc1. The summed E-state index contributed by atoms with van der Waals surface area (Å²) in [5.41, 5.74) is 4.45. The summed E-state index contributed by atoms with van der Waals surface area (Å²) in [5.74, 6) is -0.00533. The number of rotatable bonds is 8. The predicted octanol–water partition coefficient (Wildman–Crippen LogP) is 5.96. The van der Waals surface area contributed by atoms with E-state index >= 15 is 0 Å². The van der Waals surface area contributed by atoms with Crippen LogP contribution in [-0.2, 0) is 4.79 Å². The van der Waals surface area contributed by atoms with Gasteiger partial charge in [-0.05, 0) is 42.2 Å². The van der Waals surface area contributed by atoms with Crippen molar-refractivity contribution in [1.29, 1.82) is 0 Å². The van der Waals surface area contributed by atoms with E-state index in [4.69, 9.17) is 0 Å². The molecule has 0 heterocycles. The molecule has 3 nitrogen and oxygen atoms in total. The van der Waals surface area contributed by atoms with Gasteiger partial charge in [0.1, 0.15) is 6.54 Å². The fourth-order valence-corrected chi connectivity index (χ4v) is 3.21. The molecular weight excluding hydrogens is 356 g/mol. The molecule has 1 atom stereocenters. The maximum Gasteiger partial charge on any atom is 0.240 e. The summed E-state index contributed by atoms with van der Waals surface area (Å²) in [7, 11) is 0. The molecule has 0 aliphatic heterocycles. The lowest BCUT2D eigenvalue weighted by Crippen LogP contribution is -2.36. The van der Waals surface area contributed by atoms with Crippen molar-refractivity contribution >= 4 is 11.6 Å². The number of allylic oxidation sites excluding steroid dienone is 1. The normalized spacial score (nSPS) is 11.9. The zero-order chi connectivity index (χ0) is 20.5. The van der Waals surface area contributed by atoms with Crippen molar-refractivity contribution in [3.8, 4) is 11.1 Å². The van der Waals surface area contributed by atoms with Crippen molar-refractivity contribution in [3.63, 3.8) is 0 Å². The lowest BCUT2D eigenvalue weighted by atomic mass is 10.1. The third-order valence-corrected chi connectivity index (χ3v) is 4.82. The van der Waals surface area contributed by atoms with Crippen LogP contribution >= 0.6 is 0 Å². The summed E-state index contributed by atoms with van der Waals surface area (Å²) < 4.78 is 0. The maximum atomic E-state index is 12.7. The fourth-order valence-electron chi connectivity index (χ4n) is 3.21. The van der Waals surface area contributed by atoms with Gasteiger partial charge >= 0.3 is 0 Å². The second kappa shape index (κ2) is 10.3. The van der Waals surface area contributed by atoms with E-state index in [2.05, 4.69) is 54.7 Å². The number of carbonyl (C=O) groups is 1. The third-order valence-electron chi connectivity index (χ3n) is 4.82. The summed E-state index contributed by atoms with van der Waals surface area (Å²) in [5, 5.41) is 3.10. The lowest BCUT2D eigenvalue weighted by Gasteiger charge is -2.22. The molecule has 0 fully saturated rings. The Balaban J connectivity index is 1.70. The molecule has 0 aromatic heterocycles. The standard InChI is InChI=1S/C26H28N2O/c1-3-4-19-28(20-26(29)27-21(2)22-11-7-5-8-12-22)25-17-15-24(16-18-25)23-13-9-6-10-14-23/h4-19,21H,3,20H2,1-2H3,(H,27,29)/b19-4-/t21-/m0/s1. The van der Waals surface area contributed by atoms with Gasteiger partial charge in [-0.1, -0.05) is 85.8 Å². The zero-order valence-corrected chi connectivity index (χ0v) is 17.1. The number of hydrogen-bond donors (Lipinski definition) is 1. The average Bonchev–Trinajstić information content (AvgIpc) is 2.78. The number of anilines is 1. The second-order valence-corrected chi connectivity index (χ2v) is 7.03. The van der Waals surface area contributed by atoms with Gasteiger partial charge in [-0.2, -0.15) is 0 Å². The molecule has 3 aromatic rings. The van der Waals surface area contributed by atoms with E-state index in [0.717, 1.165) is 23.2 Å². The molecule has 0 unspecified atom stereocenters. The summed E-state index contributed by atoms with van der Waals surface area (Å²) in [6.07, 6.45) is 4.98. The Hall–Kier alpha value is -3.33. The highest BCUT2D eigenvalue weighted by molar-refractivity contribution is 5.82. The van der Waals surface area contributed by atoms with E-state index in [1.54, 1.807) is 0 Å². The highest BCUT2D eigenvalue weighted by atomic mass is 16.2. The van der Waals surface area contributed by atoms with Gasteiger partial charge in [0.25, 0.3) is 0 Å². The monoisotopic (exact) mass is 384 g/mol. The first-order valence-electron chi connectivity index (χ1n) is 10.1. The Bertz CT molecular complexity index is 918. The van der Waals surface area contributed by atoms with Gasteiger partial charge in [0.2, 0.25) is 5.91 Å². The van der Waals surface area contributed by atoms with Crippen LogP contribution in [0.3, 0.4) is 0 Å². The molecule has 3 aromatic carbocycles. The van der Waals surface area contributed by atoms with Crippen LogP contribution in [0, 0.1) is 0 Å². The smallest absolute Gasteiger partial charge is 0.240 e. The first-order valence-corrected chi connectivity index (χ1v) is 10.1. The number of hydrogen-bond acceptors (Lipinski definition) is 2. The molecule has 0 aliphatic rings.